The summed E-state index contributed by atoms with van der Waals surface area (Å²) < 4.78 is 33.2. The number of nitrogens with zero attached hydrogens (tertiary/aromatic N) is 1. The molecule has 0 radical (unpaired) electrons. The molecule has 2 atom stereocenters. The molecule has 0 unspecified atom stereocenters. The molecule has 8 nitrogen and oxygen atoms in total. The first-order valence-corrected chi connectivity index (χ1v) is 12.3. The van der Waals surface area contributed by atoms with Crippen molar-refractivity contribution < 1.29 is 22.7 Å². The Morgan fingerprint density at radius 2 is 1.81 bits per heavy atom. The molecule has 1 fully saturated rings. The summed E-state index contributed by atoms with van der Waals surface area (Å²) in [5.41, 5.74) is -0.663. The van der Waals surface area contributed by atoms with Crippen molar-refractivity contribution in [3.63, 3.8) is 0 Å². The van der Waals surface area contributed by atoms with Gasteiger partial charge in [0.25, 0.3) is 0 Å². The van der Waals surface area contributed by atoms with Gasteiger partial charge in [-0.3, -0.25) is 4.79 Å². The highest BCUT2D eigenvalue weighted by atomic mass is 32.2. The monoisotopic (exact) mass is 479 g/mol. The Kier molecular flexibility index (Phi) is 7.36. The normalized spacial score (nSPS) is 19.6. The molecule has 0 saturated carbocycles. The highest BCUT2D eigenvalue weighted by molar-refractivity contribution is 7.89. The SMILES string of the molecule is CC(C)(C)OC(=O)NCC(=O)NC[C@@H]1C[C@@H](S)CN1S(=O)(=O)c1ccc2ccccc2c1. The molecule has 2 amide bonds. The van der Waals surface area contributed by atoms with Crippen LogP contribution in [0.2, 0.25) is 0 Å². The maximum absolute atomic E-state index is 13.3. The minimum atomic E-state index is -3.76. The number of benzene rings is 2. The predicted octanol–water partition coefficient (Wildman–Crippen LogP) is 2.54. The topological polar surface area (TPSA) is 105 Å². The molecule has 1 saturated heterocycles. The Hall–Kier alpha value is -2.30. The van der Waals surface area contributed by atoms with Crippen LogP contribution in [0, 0.1) is 0 Å². The zero-order valence-corrected chi connectivity index (χ0v) is 20.1. The number of carbonyl (C=O) groups excluding carboxylic acids is 2. The molecule has 174 valence electrons. The average molecular weight is 480 g/mol. The van der Waals surface area contributed by atoms with Gasteiger partial charge in [0.15, 0.2) is 0 Å². The van der Waals surface area contributed by atoms with E-state index in [1.54, 1.807) is 39.0 Å². The molecule has 0 aromatic heterocycles. The molecule has 0 aliphatic carbocycles. The number of fused-ring (bicyclic) bond motifs is 1. The second-order valence-corrected chi connectivity index (χ2v) is 11.4. The quantitative estimate of drug-likeness (QED) is 0.553. The van der Waals surface area contributed by atoms with Crippen LogP contribution < -0.4 is 10.6 Å². The molecular formula is C22H29N3O5S2. The Balaban J connectivity index is 1.64. The fraction of sp³-hybridized carbons (Fsp3) is 0.455. The zero-order chi connectivity index (χ0) is 23.5. The van der Waals surface area contributed by atoms with Crippen molar-refractivity contribution in [1.29, 1.82) is 0 Å². The summed E-state index contributed by atoms with van der Waals surface area (Å²) in [6.07, 6.45) is -0.181. The summed E-state index contributed by atoms with van der Waals surface area (Å²) >= 11 is 4.47. The van der Waals surface area contributed by atoms with Gasteiger partial charge in [-0.1, -0.05) is 30.3 Å². The Morgan fingerprint density at radius 1 is 1.12 bits per heavy atom. The molecule has 0 spiro atoms. The largest absolute Gasteiger partial charge is 0.444 e. The first-order chi connectivity index (χ1) is 15.0. The highest BCUT2D eigenvalue weighted by Crippen LogP contribution is 2.30. The molecule has 10 heteroatoms. The summed E-state index contributed by atoms with van der Waals surface area (Å²) in [5, 5.41) is 6.75. The van der Waals surface area contributed by atoms with Gasteiger partial charge >= 0.3 is 6.09 Å². The number of nitrogens with one attached hydrogen (secondary N) is 2. The van der Waals surface area contributed by atoms with E-state index < -0.39 is 33.7 Å². The fourth-order valence-electron chi connectivity index (χ4n) is 3.57. The lowest BCUT2D eigenvalue weighted by atomic mass is 10.1. The number of hydrogen-bond acceptors (Lipinski definition) is 6. The van der Waals surface area contributed by atoms with Crippen molar-refractivity contribution >= 4 is 45.4 Å². The van der Waals surface area contributed by atoms with Crippen LogP contribution in [-0.4, -0.2) is 61.3 Å². The van der Waals surface area contributed by atoms with Gasteiger partial charge in [-0.25, -0.2) is 13.2 Å². The maximum atomic E-state index is 13.3. The van der Waals surface area contributed by atoms with Crippen LogP contribution in [0.25, 0.3) is 10.8 Å². The molecule has 1 aliphatic heterocycles. The van der Waals surface area contributed by atoms with Gasteiger partial charge in [0, 0.05) is 24.4 Å². The summed E-state index contributed by atoms with van der Waals surface area (Å²) in [7, 11) is -3.76. The van der Waals surface area contributed by atoms with E-state index in [0.717, 1.165) is 10.8 Å². The first-order valence-electron chi connectivity index (χ1n) is 10.4. The molecule has 2 aromatic rings. The molecule has 1 aliphatic rings. The lowest BCUT2D eigenvalue weighted by Gasteiger charge is -2.24. The van der Waals surface area contributed by atoms with Gasteiger partial charge in [-0.15, -0.1) is 0 Å². The van der Waals surface area contributed by atoms with Crippen molar-refractivity contribution in [2.45, 2.75) is 49.0 Å². The van der Waals surface area contributed by atoms with E-state index in [1.165, 1.54) is 4.31 Å². The second kappa shape index (κ2) is 9.68. The van der Waals surface area contributed by atoms with Crippen LogP contribution >= 0.6 is 12.6 Å². The highest BCUT2D eigenvalue weighted by Gasteiger charge is 2.39. The van der Waals surface area contributed by atoms with Gasteiger partial charge in [0.2, 0.25) is 15.9 Å². The van der Waals surface area contributed by atoms with E-state index in [9.17, 15) is 18.0 Å². The van der Waals surface area contributed by atoms with Crippen molar-refractivity contribution in [2.75, 3.05) is 19.6 Å². The van der Waals surface area contributed by atoms with E-state index in [4.69, 9.17) is 4.74 Å². The molecule has 3 rings (SSSR count). The number of amides is 2. The number of ether oxygens (including phenoxy) is 1. The van der Waals surface area contributed by atoms with Crippen molar-refractivity contribution in [3.8, 4) is 0 Å². The standard InChI is InChI=1S/C22H29N3O5S2/c1-22(2,3)30-21(27)24-13-20(26)23-12-17-11-18(31)14-25(17)32(28,29)19-9-8-15-6-4-5-7-16(15)10-19/h4-10,17-18,31H,11-14H2,1-3H3,(H,23,26)(H,24,27)/t17-,18+/m0/s1. The second-order valence-electron chi connectivity index (χ2n) is 8.79. The minimum Gasteiger partial charge on any atom is -0.444 e. The van der Waals surface area contributed by atoms with Crippen LogP contribution in [0.4, 0.5) is 4.79 Å². The van der Waals surface area contributed by atoms with Gasteiger partial charge in [0.1, 0.15) is 5.60 Å². The number of hydrogen-bond donors (Lipinski definition) is 3. The fourth-order valence-corrected chi connectivity index (χ4v) is 5.81. The van der Waals surface area contributed by atoms with Crippen LogP contribution in [-0.2, 0) is 19.6 Å². The lowest BCUT2D eigenvalue weighted by Crippen LogP contribution is -2.46. The number of rotatable bonds is 6. The van der Waals surface area contributed by atoms with Crippen molar-refractivity contribution in [3.05, 3.63) is 42.5 Å². The first kappa shape index (κ1) is 24.3. The molecular weight excluding hydrogens is 450 g/mol. The smallest absolute Gasteiger partial charge is 0.408 e. The summed E-state index contributed by atoms with van der Waals surface area (Å²) in [4.78, 5) is 24.1. The summed E-state index contributed by atoms with van der Waals surface area (Å²) in [6, 6.07) is 12.2. The predicted molar refractivity (Wildman–Crippen MR) is 126 cm³/mol. The Bertz CT molecular complexity index is 1100. The summed E-state index contributed by atoms with van der Waals surface area (Å²) in [5.74, 6) is -0.429. The van der Waals surface area contributed by atoms with Crippen molar-refractivity contribution in [1.82, 2.24) is 14.9 Å². The number of thiol groups is 1. The Morgan fingerprint density at radius 3 is 2.50 bits per heavy atom. The van der Waals surface area contributed by atoms with E-state index >= 15 is 0 Å². The number of alkyl carbamates (subject to hydrolysis) is 1. The maximum Gasteiger partial charge on any atom is 0.408 e. The lowest BCUT2D eigenvalue weighted by molar-refractivity contribution is -0.120. The number of carbonyl (C=O) groups is 2. The van der Waals surface area contributed by atoms with Gasteiger partial charge < -0.3 is 15.4 Å². The van der Waals surface area contributed by atoms with Gasteiger partial charge in [0.05, 0.1) is 11.4 Å². The van der Waals surface area contributed by atoms with E-state index in [-0.39, 0.29) is 29.8 Å². The van der Waals surface area contributed by atoms with Crippen LogP contribution in [0.5, 0.6) is 0 Å². The third-order valence-corrected chi connectivity index (χ3v) is 7.29. The van der Waals surface area contributed by atoms with Crippen LogP contribution in [0.3, 0.4) is 0 Å². The van der Waals surface area contributed by atoms with Gasteiger partial charge in [-0.05, 0) is 50.1 Å². The minimum absolute atomic E-state index is 0.124. The van der Waals surface area contributed by atoms with Crippen LogP contribution in [0.1, 0.15) is 27.2 Å². The number of sulfonamides is 1. The van der Waals surface area contributed by atoms with Gasteiger partial charge in [-0.2, -0.15) is 16.9 Å². The summed E-state index contributed by atoms with van der Waals surface area (Å²) in [6.45, 7) is 5.30. The molecule has 2 aromatic carbocycles. The molecule has 0 bridgehead atoms. The molecule has 2 N–H and O–H groups in total. The zero-order valence-electron chi connectivity index (χ0n) is 18.4. The van der Waals surface area contributed by atoms with Crippen molar-refractivity contribution in [2.24, 2.45) is 0 Å². The third kappa shape index (κ3) is 6.14. The average Bonchev–Trinajstić information content (AvgIpc) is 3.10. The molecule has 1 heterocycles. The van der Waals surface area contributed by atoms with E-state index in [2.05, 4.69) is 23.3 Å². The third-order valence-electron chi connectivity index (χ3n) is 5.00. The Labute approximate surface area is 194 Å². The molecule has 32 heavy (non-hydrogen) atoms. The van der Waals surface area contributed by atoms with Crippen LogP contribution in [0.15, 0.2) is 47.4 Å². The van der Waals surface area contributed by atoms with E-state index in [0.29, 0.717) is 6.42 Å². The van der Waals surface area contributed by atoms with E-state index in [1.807, 2.05) is 24.3 Å².